The lowest BCUT2D eigenvalue weighted by atomic mass is 10.1. The first-order valence-corrected chi connectivity index (χ1v) is 14.8. The minimum absolute atomic E-state index is 0.0690. The number of aryl methyl sites for hydroxylation is 1. The average molecular weight is 554 g/mol. The summed E-state index contributed by atoms with van der Waals surface area (Å²) >= 11 is 0. The molecule has 3 aromatic carbocycles. The van der Waals surface area contributed by atoms with Crippen LogP contribution in [0.2, 0.25) is 0 Å². The van der Waals surface area contributed by atoms with Crippen molar-refractivity contribution in [1.29, 1.82) is 0 Å². The van der Waals surface area contributed by atoms with Gasteiger partial charge in [-0.05, 0) is 92.3 Å². The van der Waals surface area contributed by atoms with E-state index >= 15 is 0 Å². The lowest BCUT2D eigenvalue weighted by Gasteiger charge is -2.21. The number of sulfonamides is 1. The summed E-state index contributed by atoms with van der Waals surface area (Å²) in [4.78, 5) is 11.5. The summed E-state index contributed by atoms with van der Waals surface area (Å²) in [5.74, 6) is 1.88. The van der Waals surface area contributed by atoms with Gasteiger partial charge in [-0.3, -0.25) is 4.79 Å². The van der Waals surface area contributed by atoms with Crippen LogP contribution in [0.25, 0.3) is 0 Å². The van der Waals surface area contributed by atoms with Crippen LogP contribution in [-0.4, -0.2) is 49.6 Å². The Morgan fingerprint density at radius 1 is 0.923 bits per heavy atom. The largest absolute Gasteiger partial charge is 0.494 e. The molecule has 0 bridgehead atoms. The van der Waals surface area contributed by atoms with E-state index in [2.05, 4.69) is 6.92 Å². The monoisotopic (exact) mass is 553 g/mol. The first-order chi connectivity index (χ1) is 18.9. The highest BCUT2D eigenvalue weighted by molar-refractivity contribution is 7.89. The molecule has 208 valence electrons. The zero-order chi connectivity index (χ0) is 27.7. The van der Waals surface area contributed by atoms with Crippen molar-refractivity contribution < 1.29 is 32.5 Å². The summed E-state index contributed by atoms with van der Waals surface area (Å²) in [6, 6.07) is 20.7. The van der Waals surface area contributed by atoms with Gasteiger partial charge in [-0.1, -0.05) is 31.5 Å². The maximum Gasteiger partial charge on any atom is 0.322 e. The Labute approximate surface area is 230 Å². The van der Waals surface area contributed by atoms with E-state index in [0.717, 1.165) is 52.8 Å². The highest BCUT2D eigenvalue weighted by Crippen LogP contribution is 2.30. The number of nitrogens with zero attached hydrogens (tertiary/aromatic N) is 1. The van der Waals surface area contributed by atoms with Crippen LogP contribution < -0.4 is 14.2 Å². The molecule has 39 heavy (non-hydrogen) atoms. The van der Waals surface area contributed by atoms with Gasteiger partial charge in [0.05, 0.1) is 18.1 Å². The second-order valence-electron chi connectivity index (χ2n) is 9.42. The molecule has 4 rings (SSSR count). The van der Waals surface area contributed by atoms with Gasteiger partial charge in [0.2, 0.25) is 10.0 Å². The van der Waals surface area contributed by atoms with E-state index in [1.54, 1.807) is 12.1 Å². The molecular formula is C30H35NO7S. The Bertz CT molecular complexity index is 1330. The van der Waals surface area contributed by atoms with Crippen molar-refractivity contribution in [1.82, 2.24) is 4.31 Å². The third-order valence-electron chi connectivity index (χ3n) is 6.51. The molecule has 1 fully saturated rings. The maximum atomic E-state index is 12.9. The third-order valence-corrected chi connectivity index (χ3v) is 8.44. The molecule has 1 aliphatic rings. The number of hydrogen-bond donors (Lipinski definition) is 1. The van der Waals surface area contributed by atoms with E-state index in [0.29, 0.717) is 31.8 Å². The van der Waals surface area contributed by atoms with E-state index < -0.39 is 22.0 Å². The number of para-hydroxylation sites is 1. The second-order valence-corrected chi connectivity index (χ2v) is 11.3. The Kier molecular flexibility index (Phi) is 9.84. The highest BCUT2D eigenvalue weighted by Gasteiger charge is 2.39. The molecular weight excluding hydrogens is 518 g/mol. The maximum absolute atomic E-state index is 12.9. The predicted octanol–water partition coefficient (Wildman–Crippen LogP) is 5.91. The molecule has 0 amide bonds. The summed E-state index contributed by atoms with van der Waals surface area (Å²) in [5, 5.41) is 9.32. The summed E-state index contributed by atoms with van der Waals surface area (Å²) in [7, 11) is -3.86. The molecule has 0 aliphatic carbocycles. The van der Waals surface area contributed by atoms with Crippen LogP contribution in [-0.2, 0) is 21.2 Å². The van der Waals surface area contributed by atoms with Crippen LogP contribution in [0.1, 0.15) is 44.6 Å². The smallest absolute Gasteiger partial charge is 0.322 e. The number of carboxylic acid groups (broad SMARTS) is 1. The minimum atomic E-state index is -3.86. The van der Waals surface area contributed by atoms with Crippen LogP contribution in [0, 0.1) is 0 Å². The number of ether oxygens (including phenoxy) is 3. The van der Waals surface area contributed by atoms with Gasteiger partial charge in [0.1, 0.15) is 29.0 Å². The van der Waals surface area contributed by atoms with Crippen LogP contribution in [0.3, 0.4) is 0 Å². The topological polar surface area (TPSA) is 102 Å². The van der Waals surface area contributed by atoms with Gasteiger partial charge in [-0.2, -0.15) is 4.31 Å². The number of aliphatic carboxylic acids is 1. The molecule has 0 spiro atoms. The summed E-state index contributed by atoms with van der Waals surface area (Å²) < 4.78 is 44.6. The van der Waals surface area contributed by atoms with E-state index in [-0.39, 0.29) is 11.4 Å². The molecule has 1 saturated heterocycles. The predicted molar refractivity (Wildman–Crippen MR) is 148 cm³/mol. The highest BCUT2D eigenvalue weighted by atomic mass is 32.2. The molecule has 0 saturated carbocycles. The standard InChI is InChI=1S/C30H35NO7S/c1-2-9-23-22-26(38-25-10-4-3-5-11-25)15-18-29(23)37-21-7-6-20-36-24-13-16-27(17-14-24)39(34,35)31-19-8-12-28(31)30(32)33/h3-5,10-11,13-18,22,28H,2,6-9,12,19-21H2,1H3,(H,32,33). The molecule has 3 aromatic rings. The molecule has 1 N–H and O–H groups in total. The number of unbranched alkanes of at least 4 members (excludes halogenated alkanes) is 1. The fourth-order valence-electron chi connectivity index (χ4n) is 4.54. The summed E-state index contributed by atoms with van der Waals surface area (Å²) in [5.41, 5.74) is 1.11. The van der Waals surface area contributed by atoms with E-state index in [9.17, 15) is 18.3 Å². The Morgan fingerprint density at radius 2 is 1.62 bits per heavy atom. The number of hydrogen-bond acceptors (Lipinski definition) is 6. The molecule has 9 heteroatoms. The summed E-state index contributed by atoms with van der Waals surface area (Å²) in [6.07, 6.45) is 4.32. The quantitative estimate of drug-likeness (QED) is 0.248. The van der Waals surface area contributed by atoms with Gasteiger partial charge in [-0.15, -0.1) is 0 Å². The van der Waals surface area contributed by atoms with Gasteiger partial charge in [-0.25, -0.2) is 8.42 Å². The van der Waals surface area contributed by atoms with Crippen molar-refractivity contribution in [3.05, 3.63) is 78.4 Å². The first kappa shape index (κ1) is 28.4. The number of carboxylic acids is 1. The van der Waals surface area contributed by atoms with Crippen molar-refractivity contribution in [3.63, 3.8) is 0 Å². The lowest BCUT2D eigenvalue weighted by molar-refractivity contribution is -0.140. The van der Waals surface area contributed by atoms with Crippen molar-refractivity contribution in [3.8, 4) is 23.0 Å². The van der Waals surface area contributed by atoms with Crippen LogP contribution >= 0.6 is 0 Å². The minimum Gasteiger partial charge on any atom is -0.494 e. The SMILES string of the molecule is CCCc1cc(Oc2ccccc2)ccc1OCCCCOc1ccc(S(=O)(=O)N2CCCC2C(=O)O)cc1. The van der Waals surface area contributed by atoms with E-state index in [1.165, 1.54) is 12.1 Å². The molecule has 0 aromatic heterocycles. The van der Waals surface area contributed by atoms with Crippen molar-refractivity contribution in [2.45, 2.75) is 56.4 Å². The van der Waals surface area contributed by atoms with Crippen LogP contribution in [0.4, 0.5) is 0 Å². The van der Waals surface area contributed by atoms with Crippen LogP contribution in [0.15, 0.2) is 77.7 Å². The van der Waals surface area contributed by atoms with Crippen molar-refractivity contribution in [2.24, 2.45) is 0 Å². The molecule has 1 atom stereocenters. The van der Waals surface area contributed by atoms with Crippen LogP contribution in [0.5, 0.6) is 23.0 Å². The second kappa shape index (κ2) is 13.5. The molecule has 1 heterocycles. The fourth-order valence-corrected chi connectivity index (χ4v) is 6.19. The van der Waals surface area contributed by atoms with Crippen molar-refractivity contribution in [2.75, 3.05) is 19.8 Å². The van der Waals surface area contributed by atoms with Gasteiger partial charge >= 0.3 is 5.97 Å². The lowest BCUT2D eigenvalue weighted by Crippen LogP contribution is -2.40. The normalized spacial score (nSPS) is 15.7. The van der Waals surface area contributed by atoms with Gasteiger partial charge < -0.3 is 19.3 Å². The van der Waals surface area contributed by atoms with Gasteiger partial charge in [0.15, 0.2) is 0 Å². The molecule has 1 unspecified atom stereocenters. The average Bonchev–Trinajstić information content (AvgIpc) is 3.44. The Hall–Kier alpha value is -3.56. The molecule has 1 aliphatic heterocycles. The summed E-state index contributed by atoms with van der Waals surface area (Å²) in [6.45, 7) is 3.36. The zero-order valence-electron chi connectivity index (χ0n) is 22.1. The fraction of sp³-hybridized carbons (Fsp3) is 0.367. The number of benzene rings is 3. The molecule has 8 nitrogen and oxygen atoms in total. The van der Waals surface area contributed by atoms with E-state index in [1.807, 2.05) is 48.5 Å². The van der Waals surface area contributed by atoms with Gasteiger partial charge in [0.25, 0.3) is 0 Å². The van der Waals surface area contributed by atoms with Gasteiger partial charge in [0, 0.05) is 6.54 Å². The third kappa shape index (κ3) is 7.52. The Morgan fingerprint density at radius 3 is 2.31 bits per heavy atom. The Balaban J connectivity index is 1.22. The van der Waals surface area contributed by atoms with E-state index in [4.69, 9.17) is 14.2 Å². The number of rotatable bonds is 14. The number of carbonyl (C=O) groups is 1. The molecule has 0 radical (unpaired) electrons. The zero-order valence-corrected chi connectivity index (χ0v) is 22.9. The van der Waals surface area contributed by atoms with Crippen molar-refractivity contribution >= 4 is 16.0 Å². The first-order valence-electron chi connectivity index (χ1n) is 13.3.